The van der Waals surface area contributed by atoms with Crippen molar-refractivity contribution in [2.45, 2.75) is 50.7 Å². The Morgan fingerprint density at radius 1 is 1.38 bits per heavy atom. The van der Waals surface area contributed by atoms with Crippen LogP contribution in [0.1, 0.15) is 56.8 Å². The summed E-state index contributed by atoms with van der Waals surface area (Å²) in [5, 5.41) is 10.2. The van der Waals surface area contributed by atoms with Gasteiger partial charge in [-0.2, -0.15) is 0 Å². The number of carbonyl (C=O) groups is 1. The van der Waals surface area contributed by atoms with Gasteiger partial charge in [0.25, 0.3) is 0 Å². The van der Waals surface area contributed by atoms with Crippen molar-refractivity contribution >= 4 is 27.3 Å². The maximum Gasteiger partial charge on any atom is 0.336 e. The fraction of sp³-hybridized carbons (Fsp3) is 0.643. The Bertz CT molecular complexity index is 576. The molecule has 0 unspecified atom stereocenters. The molecule has 1 rings (SSSR count). The first-order chi connectivity index (χ1) is 9.68. The van der Waals surface area contributed by atoms with Gasteiger partial charge in [-0.15, -0.1) is 11.3 Å². The van der Waals surface area contributed by atoms with E-state index in [0.29, 0.717) is 6.54 Å². The van der Waals surface area contributed by atoms with Crippen molar-refractivity contribution < 1.29 is 18.3 Å². The van der Waals surface area contributed by atoms with Gasteiger partial charge in [-0.3, -0.25) is 0 Å². The smallest absolute Gasteiger partial charge is 0.336 e. The van der Waals surface area contributed by atoms with Crippen molar-refractivity contribution in [1.82, 2.24) is 4.72 Å². The van der Waals surface area contributed by atoms with Crippen molar-refractivity contribution in [3.63, 3.8) is 0 Å². The summed E-state index contributed by atoms with van der Waals surface area (Å²) in [7, 11) is -3.63. The van der Waals surface area contributed by atoms with Crippen molar-refractivity contribution in [3.05, 3.63) is 17.0 Å². The minimum Gasteiger partial charge on any atom is -0.478 e. The number of carboxylic acid groups (broad SMARTS) is 1. The van der Waals surface area contributed by atoms with E-state index in [-0.39, 0.29) is 15.2 Å². The van der Waals surface area contributed by atoms with Crippen LogP contribution in [0.25, 0.3) is 0 Å². The second-order valence-corrected chi connectivity index (χ2v) is 8.81. The molecule has 0 aliphatic rings. The summed E-state index contributed by atoms with van der Waals surface area (Å²) >= 11 is 0.926. The van der Waals surface area contributed by atoms with Crippen molar-refractivity contribution in [2.75, 3.05) is 6.54 Å². The van der Waals surface area contributed by atoms with E-state index >= 15 is 0 Å². The van der Waals surface area contributed by atoms with E-state index in [2.05, 4.69) is 11.6 Å². The lowest BCUT2D eigenvalue weighted by Crippen LogP contribution is -2.33. The Morgan fingerprint density at radius 2 is 2.05 bits per heavy atom. The second kappa shape index (κ2) is 7.38. The van der Waals surface area contributed by atoms with Gasteiger partial charge in [-0.05, 0) is 17.9 Å². The lowest BCUT2D eigenvalue weighted by molar-refractivity contribution is 0.0697. The fourth-order valence-corrected chi connectivity index (χ4v) is 4.31. The molecule has 0 spiro atoms. The van der Waals surface area contributed by atoms with Gasteiger partial charge >= 0.3 is 5.97 Å². The summed E-state index contributed by atoms with van der Waals surface area (Å²) in [4.78, 5) is 10.8. The molecule has 2 N–H and O–H groups in total. The van der Waals surface area contributed by atoms with Gasteiger partial charge in [0, 0.05) is 11.9 Å². The van der Waals surface area contributed by atoms with Crippen LogP contribution in [0.3, 0.4) is 0 Å². The van der Waals surface area contributed by atoms with E-state index in [4.69, 9.17) is 5.11 Å². The molecule has 5 nitrogen and oxygen atoms in total. The minimum absolute atomic E-state index is 0.00239. The van der Waals surface area contributed by atoms with Crippen LogP contribution in [0.4, 0.5) is 0 Å². The third-order valence-electron chi connectivity index (χ3n) is 3.29. The predicted molar refractivity (Wildman–Crippen MR) is 84.4 cm³/mol. The van der Waals surface area contributed by atoms with Crippen LogP contribution in [0.5, 0.6) is 0 Å². The number of sulfonamides is 1. The zero-order valence-electron chi connectivity index (χ0n) is 12.7. The van der Waals surface area contributed by atoms with Crippen LogP contribution in [-0.2, 0) is 10.0 Å². The van der Waals surface area contributed by atoms with Crippen molar-refractivity contribution in [2.24, 2.45) is 5.41 Å². The van der Waals surface area contributed by atoms with Crippen molar-refractivity contribution in [3.8, 4) is 0 Å². The SMILES string of the molecule is CCCCCC(C)(C)CNS(=O)(=O)c1cc(C(=O)O)cs1. The number of rotatable bonds is 9. The maximum atomic E-state index is 12.2. The number of nitrogens with one attached hydrogen (secondary N) is 1. The molecule has 0 saturated heterocycles. The Labute approximate surface area is 130 Å². The summed E-state index contributed by atoms with van der Waals surface area (Å²) in [6, 6.07) is 1.19. The van der Waals surface area contributed by atoms with E-state index < -0.39 is 16.0 Å². The van der Waals surface area contributed by atoms with Crippen LogP contribution in [-0.4, -0.2) is 26.0 Å². The molecule has 1 aromatic rings. The van der Waals surface area contributed by atoms with E-state index in [9.17, 15) is 13.2 Å². The quantitative estimate of drug-likeness (QED) is 0.679. The molecule has 0 atom stereocenters. The molecule has 1 heterocycles. The van der Waals surface area contributed by atoms with Gasteiger partial charge in [0.1, 0.15) is 4.21 Å². The number of aromatic carboxylic acids is 1. The highest BCUT2D eigenvalue weighted by Gasteiger charge is 2.23. The summed E-state index contributed by atoms with van der Waals surface area (Å²) < 4.78 is 26.9. The summed E-state index contributed by atoms with van der Waals surface area (Å²) in [6.45, 7) is 6.54. The molecular formula is C14H23NO4S2. The van der Waals surface area contributed by atoms with E-state index in [1.807, 2.05) is 13.8 Å². The number of thiophene rings is 1. The van der Waals surface area contributed by atoms with Gasteiger partial charge in [0.15, 0.2) is 0 Å². The number of unbranched alkanes of at least 4 members (excludes halogenated alkanes) is 2. The topological polar surface area (TPSA) is 83.5 Å². The van der Waals surface area contributed by atoms with Crippen LogP contribution >= 0.6 is 11.3 Å². The molecule has 0 saturated carbocycles. The van der Waals surface area contributed by atoms with Gasteiger partial charge in [0.05, 0.1) is 5.56 Å². The molecule has 0 aliphatic heterocycles. The zero-order chi connectivity index (χ0) is 16.1. The minimum atomic E-state index is -3.63. The predicted octanol–water partition coefficient (Wildman–Crippen LogP) is 3.33. The van der Waals surface area contributed by atoms with Crippen LogP contribution in [0.15, 0.2) is 15.7 Å². The summed E-state index contributed by atoms with van der Waals surface area (Å²) in [5.41, 5.74) is -0.114. The van der Waals surface area contributed by atoms with E-state index in [1.165, 1.54) is 11.4 Å². The largest absolute Gasteiger partial charge is 0.478 e. The zero-order valence-corrected chi connectivity index (χ0v) is 14.3. The molecule has 0 bridgehead atoms. The molecule has 0 aliphatic carbocycles. The number of carboxylic acids is 1. The molecule has 21 heavy (non-hydrogen) atoms. The lowest BCUT2D eigenvalue weighted by Gasteiger charge is -2.24. The Hall–Kier alpha value is -0.920. The summed E-state index contributed by atoms with van der Waals surface area (Å²) in [5.74, 6) is -1.12. The molecule has 120 valence electrons. The first-order valence-corrected chi connectivity index (χ1v) is 9.36. The molecule has 7 heteroatoms. The molecule has 0 amide bonds. The molecule has 0 fully saturated rings. The lowest BCUT2D eigenvalue weighted by atomic mass is 9.87. The van der Waals surface area contributed by atoms with Gasteiger partial charge < -0.3 is 5.11 Å². The fourth-order valence-electron chi connectivity index (χ4n) is 1.87. The average Bonchev–Trinajstić information content (AvgIpc) is 2.87. The third kappa shape index (κ3) is 5.76. The maximum absolute atomic E-state index is 12.2. The molecule has 1 aromatic heterocycles. The van der Waals surface area contributed by atoms with Gasteiger partial charge in [-0.25, -0.2) is 17.9 Å². The van der Waals surface area contributed by atoms with Gasteiger partial charge in [-0.1, -0.05) is 40.0 Å². The van der Waals surface area contributed by atoms with E-state index in [1.54, 1.807) is 0 Å². The van der Waals surface area contributed by atoms with E-state index in [0.717, 1.165) is 37.0 Å². The molecule has 0 aromatic carbocycles. The summed E-state index contributed by atoms with van der Waals surface area (Å²) in [6.07, 6.45) is 4.31. The standard InChI is InChI=1S/C14H23NO4S2/c1-4-5-6-7-14(2,3)10-15-21(18,19)12-8-11(9-20-12)13(16)17/h8-9,15H,4-7,10H2,1-3H3,(H,16,17). The van der Waals surface area contributed by atoms with Crippen LogP contribution < -0.4 is 4.72 Å². The monoisotopic (exact) mass is 333 g/mol. The third-order valence-corrected chi connectivity index (χ3v) is 6.13. The van der Waals surface area contributed by atoms with Crippen LogP contribution in [0.2, 0.25) is 0 Å². The second-order valence-electron chi connectivity index (χ2n) is 5.91. The Morgan fingerprint density at radius 3 is 2.57 bits per heavy atom. The normalized spacial score (nSPS) is 12.5. The average molecular weight is 333 g/mol. The Balaban J connectivity index is 2.65. The van der Waals surface area contributed by atoms with Crippen LogP contribution in [0, 0.1) is 5.41 Å². The highest BCUT2D eigenvalue weighted by atomic mass is 32.2. The van der Waals surface area contributed by atoms with Gasteiger partial charge in [0.2, 0.25) is 10.0 Å². The highest BCUT2D eigenvalue weighted by molar-refractivity contribution is 7.91. The number of hydrogen-bond donors (Lipinski definition) is 2. The molecular weight excluding hydrogens is 310 g/mol. The Kier molecular flexibility index (Phi) is 6.37. The van der Waals surface area contributed by atoms with Crippen molar-refractivity contribution in [1.29, 1.82) is 0 Å². The first-order valence-electron chi connectivity index (χ1n) is 6.99. The first kappa shape index (κ1) is 18.1. The highest BCUT2D eigenvalue weighted by Crippen LogP contribution is 2.25. The number of hydrogen-bond acceptors (Lipinski definition) is 4. The molecule has 0 radical (unpaired) electrons.